The van der Waals surface area contributed by atoms with E-state index in [-0.39, 0.29) is 0 Å². The number of hydrogen-bond donors (Lipinski definition) is 0. The van der Waals surface area contributed by atoms with E-state index in [1.165, 1.54) is 43.8 Å². The van der Waals surface area contributed by atoms with Crippen LogP contribution < -0.4 is 0 Å². The van der Waals surface area contributed by atoms with E-state index in [1.54, 1.807) is 0 Å². The molecule has 1 heteroatoms. The topological polar surface area (TPSA) is 13.1 Å². The Labute approximate surface area is 139 Å². The summed E-state index contributed by atoms with van der Waals surface area (Å²) < 4.78 is 6.08. The van der Waals surface area contributed by atoms with Crippen molar-refractivity contribution in [3.05, 3.63) is 83.9 Å². The highest BCUT2D eigenvalue weighted by Crippen LogP contribution is 2.46. The molecule has 0 unspecified atom stereocenters. The molecule has 1 nitrogen and oxygen atoms in total. The highest BCUT2D eigenvalue weighted by atomic mass is 16.3. The van der Waals surface area contributed by atoms with Crippen molar-refractivity contribution in [2.45, 2.75) is 6.42 Å². The molecule has 0 spiro atoms. The van der Waals surface area contributed by atoms with Gasteiger partial charge in [-0.3, -0.25) is 0 Å². The molecule has 1 heterocycles. The average molecular weight is 306 g/mol. The molecule has 1 aromatic heterocycles. The van der Waals surface area contributed by atoms with Gasteiger partial charge >= 0.3 is 0 Å². The maximum Gasteiger partial charge on any atom is 0.136 e. The molecule has 0 atom stereocenters. The lowest BCUT2D eigenvalue weighted by atomic mass is 9.97. The Bertz CT molecular complexity index is 1270. The molecular formula is C23H14O. The van der Waals surface area contributed by atoms with Crippen LogP contribution >= 0.6 is 0 Å². The van der Waals surface area contributed by atoms with Gasteiger partial charge in [-0.1, -0.05) is 60.7 Å². The number of fused-ring (bicyclic) bond motifs is 9. The predicted molar refractivity (Wildman–Crippen MR) is 99.5 cm³/mol. The standard InChI is InChI=1S/C23H14O/c1-2-6-16-14(5-1)9-11-17-19(16)13-15-10-12-21-23(22(15)17)18-7-3-4-8-20(18)24-21/h1-12H,13H2. The van der Waals surface area contributed by atoms with Crippen LogP contribution in [-0.4, -0.2) is 0 Å². The molecule has 0 aliphatic heterocycles. The predicted octanol–water partition coefficient (Wildman–Crippen LogP) is 6.31. The van der Waals surface area contributed by atoms with Gasteiger partial charge in [-0.15, -0.1) is 0 Å². The van der Waals surface area contributed by atoms with Crippen molar-refractivity contribution in [1.29, 1.82) is 0 Å². The van der Waals surface area contributed by atoms with Crippen molar-refractivity contribution in [2.24, 2.45) is 0 Å². The van der Waals surface area contributed by atoms with Crippen molar-refractivity contribution >= 4 is 32.7 Å². The van der Waals surface area contributed by atoms with Crippen LogP contribution in [0.15, 0.2) is 77.2 Å². The zero-order valence-corrected chi connectivity index (χ0v) is 13.0. The molecule has 0 fully saturated rings. The Kier molecular flexibility index (Phi) is 2.20. The van der Waals surface area contributed by atoms with Crippen molar-refractivity contribution in [2.75, 3.05) is 0 Å². The fourth-order valence-electron chi connectivity index (χ4n) is 4.27. The summed E-state index contributed by atoms with van der Waals surface area (Å²) in [6, 6.07) is 25.9. The lowest BCUT2D eigenvalue weighted by molar-refractivity contribution is 0.669. The Balaban J connectivity index is 1.81. The van der Waals surface area contributed by atoms with Gasteiger partial charge in [0.2, 0.25) is 0 Å². The van der Waals surface area contributed by atoms with E-state index in [4.69, 9.17) is 4.42 Å². The Morgan fingerprint density at radius 3 is 2.46 bits per heavy atom. The third-order valence-corrected chi connectivity index (χ3v) is 5.31. The molecular weight excluding hydrogens is 292 g/mol. The van der Waals surface area contributed by atoms with E-state index in [0.717, 1.165) is 17.6 Å². The second-order valence-electron chi connectivity index (χ2n) is 6.56. The van der Waals surface area contributed by atoms with E-state index in [0.29, 0.717) is 0 Å². The third kappa shape index (κ3) is 1.45. The third-order valence-electron chi connectivity index (χ3n) is 5.31. The van der Waals surface area contributed by atoms with Crippen molar-refractivity contribution in [3.8, 4) is 11.1 Å². The summed E-state index contributed by atoms with van der Waals surface area (Å²) in [5, 5.41) is 5.16. The number of para-hydroxylation sites is 1. The van der Waals surface area contributed by atoms with Crippen LogP contribution in [0.5, 0.6) is 0 Å². The quantitative estimate of drug-likeness (QED) is 0.320. The van der Waals surface area contributed by atoms with E-state index in [1.807, 2.05) is 6.07 Å². The number of furan rings is 1. The summed E-state index contributed by atoms with van der Waals surface area (Å²) in [4.78, 5) is 0. The van der Waals surface area contributed by atoms with Crippen LogP contribution in [-0.2, 0) is 6.42 Å². The maximum absolute atomic E-state index is 6.08. The minimum Gasteiger partial charge on any atom is -0.456 e. The van der Waals surface area contributed by atoms with Gasteiger partial charge in [0.25, 0.3) is 0 Å². The van der Waals surface area contributed by atoms with Crippen LogP contribution in [0.1, 0.15) is 11.1 Å². The Morgan fingerprint density at radius 2 is 1.50 bits per heavy atom. The van der Waals surface area contributed by atoms with Crippen LogP contribution in [0.4, 0.5) is 0 Å². The van der Waals surface area contributed by atoms with Gasteiger partial charge in [-0.05, 0) is 51.6 Å². The van der Waals surface area contributed by atoms with Crippen molar-refractivity contribution in [3.63, 3.8) is 0 Å². The fourth-order valence-corrected chi connectivity index (χ4v) is 4.27. The summed E-state index contributed by atoms with van der Waals surface area (Å²) in [7, 11) is 0. The van der Waals surface area contributed by atoms with Gasteiger partial charge in [0.05, 0.1) is 0 Å². The Hall–Kier alpha value is -3.06. The van der Waals surface area contributed by atoms with Gasteiger partial charge in [0.15, 0.2) is 0 Å². The molecule has 1 aliphatic rings. The lowest BCUT2D eigenvalue weighted by Crippen LogP contribution is -1.83. The highest BCUT2D eigenvalue weighted by molar-refractivity contribution is 6.15. The summed E-state index contributed by atoms with van der Waals surface area (Å²) in [6.07, 6.45) is 1.00. The zero-order valence-electron chi connectivity index (χ0n) is 13.0. The maximum atomic E-state index is 6.08. The van der Waals surface area contributed by atoms with Gasteiger partial charge in [0.1, 0.15) is 11.2 Å². The van der Waals surface area contributed by atoms with E-state index in [2.05, 4.69) is 66.7 Å². The van der Waals surface area contributed by atoms with Crippen LogP contribution in [0, 0.1) is 0 Å². The smallest absolute Gasteiger partial charge is 0.136 e. The minimum atomic E-state index is 0.968. The van der Waals surface area contributed by atoms with Crippen LogP contribution in [0.25, 0.3) is 43.8 Å². The van der Waals surface area contributed by atoms with Crippen LogP contribution in [0.3, 0.4) is 0 Å². The highest BCUT2D eigenvalue weighted by Gasteiger charge is 2.24. The van der Waals surface area contributed by atoms with E-state index >= 15 is 0 Å². The zero-order chi connectivity index (χ0) is 15.7. The first-order valence-electron chi connectivity index (χ1n) is 8.34. The summed E-state index contributed by atoms with van der Waals surface area (Å²) in [5.74, 6) is 0. The monoisotopic (exact) mass is 306 g/mol. The molecule has 24 heavy (non-hydrogen) atoms. The molecule has 6 rings (SSSR count). The second kappa shape index (κ2) is 4.27. The van der Waals surface area contributed by atoms with Crippen molar-refractivity contribution in [1.82, 2.24) is 0 Å². The molecule has 5 aromatic rings. The molecule has 0 saturated heterocycles. The summed E-state index contributed by atoms with van der Waals surface area (Å²) >= 11 is 0. The van der Waals surface area contributed by atoms with E-state index < -0.39 is 0 Å². The van der Waals surface area contributed by atoms with Crippen LogP contribution in [0.2, 0.25) is 0 Å². The van der Waals surface area contributed by atoms with E-state index in [9.17, 15) is 0 Å². The van der Waals surface area contributed by atoms with Gasteiger partial charge in [-0.2, -0.15) is 0 Å². The van der Waals surface area contributed by atoms with Gasteiger partial charge in [-0.25, -0.2) is 0 Å². The largest absolute Gasteiger partial charge is 0.456 e. The molecule has 4 aromatic carbocycles. The molecule has 1 aliphatic carbocycles. The van der Waals surface area contributed by atoms with Gasteiger partial charge < -0.3 is 4.42 Å². The molecule has 0 N–H and O–H groups in total. The number of benzene rings is 4. The Morgan fingerprint density at radius 1 is 0.667 bits per heavy atom. The van der Waals surface area contributed by atoms with Crippen molar-refractivity contribution < 1.29 is 4.42 Å². The second-order valence-corrected chi connectivity index (χ2v) is 6.56. The van der Waals surface area contributed by atoms with Gasteiger partial charge in [0, 0.05) is 10.8 Å². The molecule has 0 bridgehead atoms. The first-order chi connectivity index (χ1) is 11.9. The molecule has 0 saturated carbocycles. The SMILES string of the molecule is c1ccc2c3c(ccc2c1)-c1c(ccc2oc4ccccc4c12)C3. The number of hydrogen-bond acceptors (Lipinski definition) is 1. The average Bonchev–Trinajstić information content (AvgIpc) is 3.19. The summed E-state index contributed by atoms with van der Waals surface area (Å²) in [5.41, 5.74) is 7.52. The molecule has 0 radical (unpaired) electrons. The first-order valence-corrected chi connectivity index (χ1v) is 8.34. The molecule has 0 amide bonds. The summed E-state index contributed by atoms with van der Waals surface area (Å²) in [6.45, 7) is 0. The first kappa shape index (κ1) is 12.4. The minimum absolute atomic E-state index is 0.968. The normalized spacial score (nSPS) is 12.8. The number of rotatable bonds is 0. The fraction of sp³-hybridized carbons (Fsp3) is 0.0435. The molecule has 112 valence electrons. The lowest BCUT2D eigenvalue weighted by Gasteiger charge is -2.06.